The van der Waals surface area contributed by atoms with E-state index in [9.17, 15) is 9.59 Å². The standard InChI is InChI=1S/C7H12O2S2/c1-6(8)3-4-10-11-5-7(2)9/h3-5H2,1-2H3. The second-order valence-corrected chi connectivity index (χ2v) is 4.82. The quantitative estimate of drug-likeness (QED) is 0.476. The van der Waals surface area contributed by atoms with Crippen molar-refractivity contribution in [3.8, 4) is 0 Å². The number of ketones is 2. The monoisotopic (exact) mass is 192 g/mol. The number of carbonyl (C=O) groups is 2. The van der Waals surface area contributed by atoms with Gasteiger partial charge in [-0.25, -0.2) is 0 Å². The molecule has 0 heterocycles. The summed E-state index contributed by atoms with van der Waals surface area (Å²) in [5.41, 5.74) is 0. The molecule has 4 heteroatoms. The number of Topliss-reactive ketones (excluding diaryl/α,β-unsaturated/α-hetero) is 2. The summed E-state index contributed by atoms with van der Waals surface area (Å²) in [6.45, 7) is 3.15. The first-order valence-corrected chi connectivity index (χ1v) is 5.85. The van der Waals surface area contributed by atoms with Crippen LogP contribution in [0, 0.1) is 0 Å². The molecule has 0 rings (SSSR count). The van der Waals surface area contributed by atoms with Crippen molar-refractivity contribution in [1.29, 1.82) is 0 Å². The lowest BCUT2D eigenvalue weighted by molar-refractivity contribution is -0.116. The van der Waals surface area contributed by atoms with Crippen LogP contribution < -0.4 is 0 Å². The molecule has 0 aromatic heterocycles. The zero-order valence-electron chi connectivity index (χ0n) is 6.75. The van der Waals surface area contributed by atoms with Crippen LogP contribution in [0.2, 0.25) is 0 Å². The zero-order chi connectivity index (χ0) is 8.69. The van der Waals surface area contributed by atoms with Crippen LogP contribution in [0.4, 0.5) is 0 Å². The molecule has 0 aliphatic heterocycles. The number of rotatable bonds is 6. The number of hydrogen-bond acceptors (Lipinski definition) is 4. The van der Waals surface area contributed by atoms with E-state index >= 15 is 0 Å². The van der Waals surface area contributed by atoms with E-state index in [1.54, 1.807) is 24.6 Å². The summed E-state index contributed by atoms with van der Waals surface area (Å²) in [6.07, 6.45) is 0.607. The highest BCUT2D eigenvalue weighted by atomic mass is 33.1. The minimum Gasteiger partial charge on any atom is -0.300 e. The molecule has 0 spiro atoms. The van der Waals surface area contributed by atoms with E-state index in [0.29, 0.717) is 12.2 Å². The average Bonchev–Trinajstić information content (AvgIpc) is 1.85. The van der Waals surface area contributed by atoms with Crippen molar-refractivity contribution in [1.82, 2.24) is 0 Å². The minimum absolute atomic E-state index is 0.185. The van der Waals surface area contributed by atoms with Gasteiger partial charge in [-0.2, -0.15) is 0 Å². The van der Waals surface area contributed by atoms with Crippen LogP contribution in [-0.4, -0.2) is 23.1 Å². The Labute approximate surface area is 74.9 Å². The normalized spacial score (nSPS) is 9.64. The lowest BCUT2D eigenvalue weighted by Gasteiger charge is -1.95. The molecule has 0 bridgehead atoms. The first-order chi connectivity index (χ1) is 5.13. The average molecular weight is 192 g/mol. The first-order valence-electron chi connectivity index (χ1n) is 3.36. The fourth-order valence-corrected chi connectivity index (χ4v) is 2.46. The van der Waals surface area contributed by atoms with Gasteiger partial charge in [0.2, 0.25) is 0 Å². The van der Waals surface area contributed by atoms with Crippen LogP contribution in [0.3, 0.4) is 0 Å². The summed E-state index contributed by atoms with van der Waals surface area (Å²) in [5, 5.41) is 0. The van der Waals surface area contributed by atoms with E-state index in [1.807, 2.05) is 0 Å². The van der Waals surface area contributed by atoms with Gasteiger partial charge in [0.15, 0.2) is 0 Å². The zero-order valence-corrected chi connectivity index (χ0v) is 8.39. The van der Waals surface area contributed by atoms with Crippen LogP contribution in [0.15, 0.2) is 0 Å². The first kappa shape index (κ1) is 11.0. The molecular weight excluding hydrogens is 180 g/mol. The molecule has 0 radical (unpaired) electrons. The van der Waals surface area contributed by atoms with E-state index < -0.39 is 0 Å². The molecule has 0 saturated carbocycles. The topological polar surface area (TPSA) is 34.1 Å². The summed E-state index contributed by atoms with van der Waals surface area (Å²) in [7, 11) is 3.10. The highest BCUT2D eigenvalue weighted by molar-refractivity contribution is 8.76. The maximum atomic E-state index is 10.5. The van der Waals surface area contributed by atoms with E-state index in [1.165, 1.54) is 10.8 Å². The molecule has 2 nitrogen and oxygen atoms in total. The molecule has 0 aliphatic carbocycles. The molecular formula is C7H12O2S2. The maximum absolute atomic E-state index is 10.5. The SMILES string of the molecule is CC(=O)CCSSCC(C)=O. The fraction of sp³-hybridized carbons (Fsp3) is 0.714. The molecule has 64 valence electrons. The van der Waals surface area contributed by atoms with Gasteiger partial charge in [0.05, 0.1) is 5.75 Å². The molecule has 0 amide bonds. The Bertz CT molecular complexity index is 129. The second-order valence-electron chi connectivity index (χ2n) is 2.24. The Morgan fingerprint density at radius 2 is 1.73 bits per heavy atom. The smallest absolute Gasteiger partial charge is 0.140 e. The lowest BCUT2D eigenvalue weighted by atomic mass is 10.4. The predicted octanol–water partition coefficient (Wildman–Crippen LogP) is 1.94. The van der Waals surface area contributed by atoms with E-state index in [4.69, 9.17) is 0 Å². The third-order valence-electron chi connectivity index (χ3n) is 0.883. The molecule has 0 fully saturated rings. The largest absolute Gasteiger partial charge is 0.300 e. The van der Waals surface area contributed by atoms with Gasteiger partial charge >= 0.3 is 0 Å². The van der Waals surface area contributed by atoms with E-state index in [2.05, 4.69) is 0 Å². The number of hydrogen-bond donors (Lipinski definition) is 0. The van der Waals surface area contributed by atoms with Crippen molar-refractivity contribution < 1.29 is 9.59 Å². The van der Waals surface area contributed by atoms with E-state index in [0.717, 1.165) is 5.75 Å². The summed E-state index contributed by atoms with van der Waals surface area (Å²) >= 11 is 0. The summed E-state index contributed by atoms with van der Waals surface area (Å²) in [5.74, 6) is 1.75. The summed E-state index contributed by atoms with van der Waals surface area (Å²) < 4.78 is 0. The highest BCUT2D eigenvalue weighted by Crippen LogP contribution is 2.21. The molecule has 0 aliphatic rings. The maximum Gasteiger partial charge on any atom is 0.140 e. The second kappa shape index (κ2) is 6.73. The molecule has 11 heavy (non-hydrogen) atoms. The van der Waals surface area contributed by atoms with Crippen molar-refractivity contribution in [3.63, 3.8) is 0 Å². The minimum atomic E-state index is 0.185. The van der Waals surface area contributed by atoms with Gasteiger partial charge in [0, 0.05) is 12.2 Å². The predicted molar refractivity (Wildman–Crippen MR) is 50.9 cm³/mol. The van der Waals surface area contributed by atoms with Crippen molar-refractivity contribution in [2.24, 2.45) is 0 Å². The van der Waals surface area contributed by atoms with E-state index in [-0.39, 0.29) is 11.6 Å². The molecule has 0 unspecified atom stereocenters. The Hall–Kier alpha value is 0.0400. The van der Waals surface area contributed by atoms with Crippen molar-refractivity contribution in [2.45, 2.75) is 20.3 Å². The molecule has 0 N–H and O–H groups in total. The van der Waals surface area contributed by atoms with Crippen LogP contribution in [-0.2, 0) is 9.59 Å². The van der Waals surface area contributed by atoms with Gasteiger partial charge in [-0.1, -0.05) is 21.6 Å². The number of carbonyl (C=O) groups excluding carboxylic acids is 2. The van der Waals surface area contributed by atoms with Gasteiger partial charge in [0.25, 0.3) is 0 Å². The van der Waals surface area contributed by atoms with Crippen molar-refractivity contribution in [2.75, 3.05) is 11.5 Å². The van der Waals surface area contributed by atoms with Gasteiger partial charge in [-0.15, -0.1) is 0 Å². The van der Waals surface area contributed by atoms with Gasteiger partial charge in [-0.3, -0.25) is 9.59 Å². The van der Waals surface area contributed by atoms with Gasteiger partial charge in [0.1, 0.15) is 11.6 Å². The van der Waals surface area contributed by atoms with Crippen molar-refractivity contribution >= 4 is 33.2 Å². The lowest BCUT2D eigenvalue weighted by Crippen LogP contribution is -1.93. The summed E-state index contributed by atoms with van der Waals surface area (Å²) in [6, 6.07) is 0. The van der Waals surface area contributed by atoms with Crippen LogP contribution in [0.1, 0.15) is 20.3 Å². The molecule has 0 saturated heterocycles. The third-order valence-corrected chi connectivity index (χ3v) is 3.30. The Morgan fingerprint density at radius 1 is 1.09 bits per heavy atom. The fourth-order valence-electron chi connectivity index (χ4n) is 0.369. The molecule has 0 aromatic carbocycles. The third kappa shape index (κ3) is 10.0. The Balaban J connectivity index is 3.03. The summed E-state index contributed by atoms with van der Waals surface area (Å²) in [4.78, 5) is 20.9. The Kier molecular flexibility index (Phi) is 6.76. The van der Waals surface area contributed by atoms with Gasteiger partial charge in [-0.05, 0) is 13.8 Å². The highest BCUT2D eigenvalue weighted by Gasteiger charge is 1.96. The van der Waals surface area contributed by atoms with Crippen LogP contribution >= 0.6 is 21.6 Å². The van der Waals surface area contributed by atoms with Gasteiger partial charge < -0.3 is 0 Å². The Morgan fingerprint density at radius 3 is 2.18 bits per heavy atom. The van der Waals surface area contributed by atoms with Crippen molar-refractivity contribution in [3.05, 3.63) is 0 Å². The van der Waals surface area contributed by atoms with Crippen LogP contribution in [0.5, 0.6) is 0 Å². The molecule has 0 aromatic rings. The van der Waals surface area contributed by atoms with Crippen LogP contribution in [0.25, 0.3) is 0 Å². The molecule has 0 atom stereocenters.